The first-order valence-corrected chi connectivity index (χ1v) is 8.38. The van der Waals surface area contributed by atoms with Gasteiger partial charge in [0.1, 0.15) is 6.04 Å². The molecule has 0 saturated carbocycles. The summed E-state index contributed by atoms with van der Waals surface area (Å²) >= 11 is 3.91. The fourth-order valence-corrected chi connectivity index (χ4v) is 2.30. The van der Waals surface area contributed by atoms with Crippen molar-refractivity contribution in [1.82, 2.24) is 5.32 Å². The maximum absolute atomic E-state index is 11.5. The summed E-state index contributed by atoms with van der Waals surface area (Å²) in [5, 5.41) is 11.3. The van der Waals surface area contributed by atoms with E-state index in [1.54, 1.807) is 0 Å². The number of hydrogen-bond acceptors (Lipinski definition) is 3. The summed E-state index contributed by atoms with van der Waals surface area (Å²) in [5.74, 6) is -1.09. The monoisotopic (exact) mass is 327 g/mol. The Morgan fingerprint density at radius 1 is 1.00 bits per heavy atom. The zero-order valence-corrected chi connectivity index (χ0v) is 13.5. The summed E-state index contributed by atoms with van der Waals surface area (Å²) in [5.41, 5.74) is 0. The third kappa shape index (κ3) is 15.0. The van der Waals surface area contributed by atoms with Gasteiger partial charge in [0.15, 0.2) is 0 Å². The van der Waals surface area contributed by atoms with Gasteiger partial charge in [-0.3, -0.25) is 4.79 Å². The van der Waals surface area contributed by atoms with Crippen LogP contribution < -0.4 is 5.32 Å². The first kappa shape index (κ1) is 23.6. The molecule has 1 amide bonds. The predicted molar refractivity (Wildman–Crippen MR) is 92.4 cm³/mol. The number of rotatable bonds is 13. The van der Waals surface area contributed by atoms with Crippen molar-refractivity contribution in [3.05, 3.63) is 0 Å². The second-order valence-corrected chi connectivity index (χ2v) is 5.58. The van der Waals surface area contributed by atoms with Crippen LogP contribution in [-0.4, -0.2) is 58.3 Å². The molecule has 0 aliphatic rings. The van der Waals surface area contributed by atoms with E-state index in [-0.39, 0.29) is 41.2 Å². The predicted octanol–water partition coefficient (Wildman–Crippen LogP) is 2.76. The normalized spacial score (nSPS) is 11.5. The van der Waals surface area contributed by atoms with E-state index >= 15 is 0 Å². The summed E-state index contributed by atoms with van der Waals surface area (Å²) in [6.45, 7) is 2.22. The van der Waals surface area contributed by atoms with Crippen molar-refractivity contribution >= 4 is 54.1 Å². The van der Waals surface area contributed by atoms with Gasteiger partial charge in [-0.1, -0.05) is 58.3 Å². The Balaban J connectivity index is 0. The van der Waals surface area contributed by atoms with E-state index in [1.165, 1.54) is 38.5 Å². The van der Waals surface area contributed by atoms with Gasteiger partial charge in [-0.25, -0.2) is 4.79 Å². The van der Waals surface area contributed by atoms with Crippen molar-refractivity contribution in [2.24, 2.45) is 0 Å². The van der Waals surface area contributed by atoms with Gasteiger partial charge in [0, 0.05) is 12.2 Å². The minimum atomic E-state index is -1.03. The van der Waals surface area contributed by atoms with Crippen LogP contribution in [0.1, 0.15) is 71.1 Å². The number of unbranched alkanes of at least 4 members (excludes halogenated alkanes) is 8. The molecule has 0 aliphatic carbocycles. The Hall–Kier alpha value is 0.290. The Morgan fingerprint density at radius 3 is 1.90 bits per heavy atom. The molecule has 120 valence electrons. The Kier molecular flexibility index (Phi) is 18.7. The van der Waals surface area contributed by atoms with Gasteiger partial charge in [-0.2, -0.15) is 12.6 Å². The van der Waals surface area contributed by atoms with E-state index in [0.717, 1.165) is 19.3 Å². The average molecular weight is 327 g/mol. The second kappa shape index (κ2) is 16.7. The van der Waals surface area contributed by atoms with Crippen LogP contribution in [0.2, 0.25) is 0 Å². The van der Waals surface area contributed by atoms with Crippen molar-refractivity contribution in [2.75, 3.05) is 5.75 Å². The van der Waals surface area contributed by atoms with E-state index in [1.807, 2.05) is 0 Å². The molecule has 0 heterocycles. The van der Waals surface area contributed by atoms with Crippen molar-refractivity contribution < 1.29 is 14.7 Å². The molecule has 0 aromatic rings. The van der Waals surface area contributed by atoms with Crippen molar-refractivity contribution in [3.8, 4) is 0 Å². The van der Waals surface area contributed by atoms with Crippen LogP contribution in [0, 0.1) is 0 Å². The van der Waals surface area contributed by atoms with Crippen LogP contribution in [0.25, 0.3) is 0 Å². The number of hydrogen-bond donors (Lipinski definition) is 3. The number of carboxylic acid groups (broad SMARTS) is 1. The summed E-state index contributed by atoms with van der Waals surface area (Å²) in [6.07, 6.45) is 11.2. The maximum atomic E-state index is 11.5. The SMILES string of the molecule is CCCCCCCCCCCC(=O)NC(CS)C(=O)O.[NaH]. The topological polar surface area (TPSA) is 66.4 Å². The molecule has 6 heteroatoms. The number of carbonyl (C=O) groups is 2. The van der Waals surface area contributed by atoms with Crippen LogP contribution in [0.5, 0.6) is 0 Å². The molecule has 4 nitrogen and oxygen atoms in total. The van der Waals surface area contributed by atoms with Crippen LogP contribution >= 0.6 is 12.6 Å². The third-order valence-electron chi connectivity index (χ3n) is 3.32. The summed E-state index contributed by atoms with van der Waals surface area (Å²) in [6, 6.07) is -0.871. The standard InChI is InChI=1S/C15H29NO3S.Na.H/c1-2-3-4-5-6-7-8-9-10-11-14(17)16-13(12-20)15(18)19;;/h13,20H,2-12H2,1H3,(H,16,17)(H,18,19);;. The van der Waals surface area contributed by atoms with E-state index in [0.29, 0.717) is 6.42 Å². The van der Waals surface area contributed by atoms with Crippen LogP contribution in [0.3, 0.4) is 0 Å². The third-order valence-corrected chi connectivity index (χ3v) is 3.69. The van der Waals surface area contributed by atoms with Gasteiger partial charge in [-0.15, -0.1) is 0 Å². The second-order valence-electron chi connectivity index (χ2n) is 5.22. The summed E-state index contributed by atoms with van der Waals surface area (Å²) in [4.78, 5) is 22.2. The first-order valence-electron chi connectivity index (χ1n) is 7.74. The quantitative estimate of drug-likeness (QED) is 0.277. The molecule has 0 radical (unpaired) electrons. The molecule has 0 aliphatic heterocycles. The van der Waals surface area contributed by atoms with Crippen molar-refractivity contribution in [1.29, 1.82) is 0 Å². The van der Waals surface area contributed by atoms with Gasteiger partial charge >= 0.3 is 35.5 Å². The number of aliphatic carboxylic acids is 1. The van der Waals surface area contributed by atoms with Crippen LogP contribution in [0.15, 0.2) is 0 Å². The van der Waals surface area contributed by atoms with Gasteiger partial charge in [-0.05, 0) is 6.42 Å². The zero-order chi connectivity index (χ0) is 15.2. The van der Waals surface area contributed by atoms with E-state index < -0.39 is 12.0 Å². The minimum absolute atomic E-state index is 0. The summed E-state index contributed by atoms with van der Waals surface area (Å²) < 4.78 is 0. The Bertz CT molecular complexity index is 278. The Labute approximate surface area is 156 Å². The van der Waals surface area contributed by atoms with Crippen molar-refractivity contribution in [2.45, 2.75) is 77.2 Å². The number of amides is 1. The van der Waals surface area contributed by atoms with Gasteiger partial charge in [0.25, 0.3) is 0 Å². The number of carboxylic acids is 1. The molecule has 0 aromatic heterocycles. The molecule has 0 saturated heterocycles. The van der Waals surface area contributed by atoms with Crippen molar-refractivity contribution in [3.63, 3.8) is 0 Å². The molecular formula is C15H30NNaO3S. The number of nitrogens with one attached hydrogen (secondary N) is 1. The summed E-state index contributed by atoms with van der Waals surface area (Å²) in [7, 11) is 0. The first-order chi connectivity index (χ1) is 9.61. The van der Waals surface area contributed by atoms with E-state index in [4.69, 9.17) is 5.11 Å². The Morgan fingerprint density at radius 2 is 1.48 bits per heavy atom. The number of carbonyl (C=O) groups excluding carboxylic acids is 1. The molecule has 21 heavy (non-hydrogen) atoms. The van der Waals surface area contributed by atoms with Crippen LogP contribution in [-0.2, 0) is 9.59 Å². The van der Waals surface area contributed by atoms with E-state index in [2.05, 4.69) is 24.9 Å². The molecular weight excluding hydrogens is 297 g/mol. The molecule has 0 aromatic carbocycles. The molecule has 2 N–H and O–H groups in total. The molecule has 0 rings (SSSR count). The molecule has 0 bridgehead atoms. The van der Waals surface area contributed by atoms with Gasteiger partial charge in [0.05, 0.1) is 0 Å². The van der Waals surface area contributed by atoms with Gasteiger partial charge in [0.2, 0.25) is 5.91 Å². The molecule has 1 atom stereocenters. The fraction of sp³-hybridized carbons (Fsp3) is 0.867. The fourth-order valence-electron chi connectivity index (χ4n) is 2.05. The average Bonchev–Trinajstić information content (AvgIpc) is 2.42. The molecule has 1 unspecified atom stereocenters. The van der Waals surface area contributed by atoms with Gasteiger partial charge < -0.3 is 10.4 Å². The molecule has 0 fully saturated rings. The van der Waals surface area contributed by atoms with E-state index in [9.17, 15) is 9.59 Å². The van der Waals surface area contributed by atoms with Crippen LogP contribution in [0.4, 0.5) is 0 Å². The molecule has 0 spiro atoms. The zero-order valence-electron chi connectivity index (χ0n) is 12.6. The number of thiol groups is 1.